The number of rotatable bonds is 5. The zero-order chi connectivity index (χ0) is 14.4. The molecule has 0 saturated carbocycles. The van der Waals surface area contributed by atoms with Crippen molar-refractivity contribution in [2.24, 2.45) is 0 Å². The van der Waals surface area contributed by atoms with Gasteiger partial charge in [-0.15, -0.1) is 0 Å². The number of ether oxygens (including phenoxy) is 1. The molecule has 0 aliphatic rings. The van der Waals surface area contributed by atoms with Gasteiger partial charge in [-0.2, -0.15) is 5.26 Å². The van der Waals surface area contributed by atoms with E-state index < -0.39 is 6.04 Å². The van der Waals surface area contributed by atoms with Gasteiger partial charge in [-0.25, -0.2) is 4.39 Å². The summed E-state index contributed by atoms with van der Waals surface area (Å²) in [5.41, 5.74) is 1.71. The normalized spacial score (nSPS) is 11.7. The van der Waals surface area contributed by atoms with Crippen LogP contribution in [0.4, 0.5) is 4.39 Å². The standard InChI is InChI=1S/C16H15FN2O/c1-20-16-5-3-2-4-14(16)15(10-18)19-11-12-6-8-13(17)9-7-12/h2-9,15,19H,11H2,1H3. The smallest absolute Gasteiger partial charge is 0.125 e. The molecule has 0 aliphatic carbocycles. The van der Waals surface area contributed by atoms with E-state index in [-0.39, 0.29) is 5.82 Å². The maximum Gasteiger partial charge on any atom is 0.125 e. The predicted molar refractivity (Wildman–Crippen MR) is 74.6 cm³/mol. The first kappa shape index (κ1) is 14.0. The van der Waals surface area contributed by atoms with Gasteiger partial charge in [0.2, 0.25) is 0 Å². The van der Waals surface area contributed by atoms with Crippen LogP contribution in [-0.4, -0.2) is 7.11 Å². The molecule has 2 aromatic rings. The van der Waals surface area contributed by atoms with Crippen molar-refractivity contribution in [3.05, 3.63) is 65.5 Å². The summed E-state index contributed by atoms with van der Waals surface area (Å²) in [7, 11) is 1.58. The Hall–Kier alpha value is -2.38. The summed E-state index contributed by atoms with van der Waals surface area (Å²) in [5, 5.41) is 12.4. The van der Waals surface area contributed by atoms with Crippen LogP contribution in [0.25, 0.3) is 0 Å². The summed E-state index contributed by atoms with van der Waals surface area (Å²) in [5.74, 6) is 0.404. The van der Waals surface area contributed by atoms with E-state index in [1.54, 1.807) is 19.2 Å². The Morgan fingerprint density at radius 1 is 1.20 bits per heavy atom. The highest BCUT2D eigenvalue weighted by atomic mass is 19.1. The number of hydrogen-bond donors (Lipinski definition) is 1. The van der Waals surface area contributed by atoms with Gasteiger partial charge >= 0.3 is 0 Å². The summed E-state index contributed by atoms with van der Waals surface area (Å²) in [6, 6.07) is 15.3. The van der Waals surface area contributed by atoms with Gasteiger partial charge in [0.05, 0.1) is 13.2 Å². The molecule has 0 fully saturated rings. The van der Waals surface area contributed by atoms with Gasteiger partial charge in [0.15, 0.2) is 0 Å². The third-order valence-corrected chi connectivity index (χ3v) is 3.00. The van der Waals surface area contributed by atoms with E-state index in [9.17, 15) is 9.65 Å². The van der Waals surface area contributed by atoms with E-state index in [1.165, 1.54) is 12.1 Å². The Morgan fingerprint density at radius 3 is 2.55 bits per heavy atom. The molecule has 20 heavy (non-hydrogen) atoms. The fourth-order valence-electron chi connectivity index (χ4n) is 1.95. The van der Waals surface area contributed by atoms with Crippen LogP contribution >= 0.6 is 0 Å². The number of para-hydroxylation sites is 1. The zero-order valence-electron chi connectivity index (χ0n) is 11.1. The molecule has 0 spiro atoms. The fraction of sp³-hybridized carbons (Fsp3) is 0.188. The Labute approximate surface area is 117 Å². The van der Waals surface area contributed by atoms with Crippen LogP contribution in [-0.2, 0) is 6.54 Å². The number of nitriles is 1. The zero-order valence-corrected chi connectivity index (χ0v) is 11.1. The van der Waals surface area contributed by atoms with Crippen LogP contribution in [0.15, 0.2) is 48.5 Å². The van der Waals surface area contributed by atoms with Crippen molar-refractivity contribution in [2.45, 2.75) is 12.6 Å². The monoisotopic (exact) mass is 270 g/mol. The molecule has 0 heterocycles. The van der Waals surface area contributed by atoms with Gasteiger partial charge in [-0.05, 0) is 23.8 Å². The van der Waals surface area contributed by atoms with E-state index in [2.05, 4.69) is 11.4 Å². The second kappa shape index (κ2) is 6.69. The van der Waals surface area contributed by atoms with E-state index in [4.69, 9.17) is 4.74 Å². The van der Waals surface area contributed by atoms with Gasteiger partial charge in [0.25, 0.3) is 0 Å². The first-order valence-electron chi connectivity index (χ1n) is 6.25. The van der Waals surface area contributed by atoms with E-state index >= 15 is 0 Å². The molecule has 0 radical (unpaired) electrons. The number of methoxy groups -OCH3 is 1. The molecule has 0 saturated heterocycles. The van der Waals surface area contributed by atoms with Crippen molar-refractivity contribution in [1.29, 1.82) is 5.26 Å². The third kappa shape index (κ3) is 3.34. The minimum atomic E-state index is -0.476. The Balaban J connectivity index is 2.10. The average molecular weight is 270 g/mol. The van der Waals surface area contributed by atoms with Crippen molar-refractivity contribution < 1.29 is 9.13 Å². The molecule has 0 bridgehead atoms. The number of hydrogen-bond acceptors (Lipinski definition) is 3. The summed E-state index contributed by atoms with van der Waals surface area (Å²) in [6.07, 6.45) is 0. The van der Waals surface area contributed by atoms with Crippen LogP contribution in [0.2, 0.25) is 0 Å². The molecular formula is C16H15FN2O. The molecule has 1 N–H and O–H groups in total. The number of halogens is 1. The molecule has 3 nitrogen and oxygen atoms in total. The molecule has 102 valence electrons. The second-order valence-electron chi connectivity index (χ2n) is 4.31. The first-order chi connectivity index (χ1) is 9.74. The quantitative estimate of drug-likeness (QED) is 0.907. The molecule has 0 aromatic heterocycles. The van der Waals surface area contributed by atoms with Crippen molar-refractivity contribution in [1.82, 2.24) is 5.32 Å². The topological polar surface area (TPSA) is 45.0 Å². The lowest BCUT2D eigenvalue weighted by atomic mass is 10.1. The highest BCUT2D eigenvalue weighted by Gasteiger charge is 2.14. The number of nitrogens with zero attached hydrogens (tertiary/aromatic N) is 1. The van der Waals surface area contributed by atoms with E-state index in [0.717, 1.165) is 11.1 Å². The molecular weight excluding hydrogens is 255 g/mol. The van der Waals surface area contributed by atoms with E-state index in [0.29, 0.717) is 12.3 Å². The largest absolute Gasteiger partial charge is 0.496 e. The first-order valence-corrected chi connectivity index (χ1v) is 6.25. The number of benzene rings is 2. The molecule has 0 amide bonds. The van der Waals surface area contributed by atoms with Crippen LogP contribution in [0.3, 0.4) is 0 Å². The molecule has 2 rings (SSSR count). The lowest BCUT2D eigenvalue weighted by molar-refractivity contribution is 0.405. The lowest BCUT2D eigenvalue weighted by Crippen LogP contribution is -2.20. The van der Waals surface area contributed by atoms with Gasteiger partial charge in [-0.3, -0.25) is 5.32 Å². The van der Waals surface area contributed by atoms with Gasteiger partial charge in [-0.1, -0.05) is 30.3 Å². The highest BCUT2D eigenvalue weighted by molar-refractivity contribution is 5.38. The van der Waals surface area contributed by atoms with E-state index in [1.807, 2.05) is 24.3 Å². The highest BCUT2D eigenvalue weighted by Crippen LogP contribution is 2.24. The third-order valence-electron chi connectivity index (χ3n) is 3.00. The minimum absolute atomic E-state index is 0.268. The van der Waals surface area contributed by atoms with Crippen LogP contribution < -0.4 is 10.1 Å². The molecule has 2 aromatic carbocycles. The number of nitrogens with one attached hydrogen (secondary N) is 1. The van der Waals surface area contributed by atoms with Crippen LogP contribution in [0.5, 0.6) is 5.75 Å². The van der Waals surface area contributed by atoms with Crippen molar-refractivity contribution in [3.8, 4) is 11.8 Å². The lowest BCUT2D eigenvalue weighted by Gasteiger charge is -2.15. The fourth-order valence-corrected chi connectivity index (χ4v) is 1.95. The Morgan fingerprint density at radius 2 is 1.90 bits per heavy atom. The van der Waals surface area contributed by atoms with Gasteiger partial charge in [0.1, 0.15) is 17.6 Å². The van der Waals surface area contributed by atoms with Gasteiger partial charge < -0.3 is 4.74 Å². The Kier molecular flexibility index (Phi) is 4.70. The van der Waals surface area contributed by atoms with Crippen LogP contribution in [0, 0.1) is 17.1 Å². The average Bonchev–Trinajstić information content (AvgIpc) is 2.50. The summed E-state index contributed by atoms with van der Waals surface area (Å²) in [4.78, 5) is 0. The molecule has 1 atom stereocenters. The van der Waals surface area contributed by atoms with Gasteiger partial charge in [0, 0.05) is 12.1 Å². The SMILES string of the molecule is COc1ccccc1C(C#N)NCc1ccc(F)cc1. The summed E-state index contributed by atoms with van der Waals surface area (Å²) < 4.78 is 18.1. The molecule has 4 heteroatoms. The van der Waals surface area contributed by atoms with Crippen molar-refractivity contribution in [3.63, 3.8) is 0 Å². The maximum absolute atomic E-state index is 12.8. The molecule has 1 unspecified atom stereocenters. The summed E-state index contributed by atoms with van der Waals surface area (Å²) >= 11 is 0. The Bertz CT molecular complexity index is 605. The minimum Gasteiger partial charge on any atom is -0.496 e. The predicted octanol–water partition coefficient (Wildman–Crippen LogP) is 3.19. The van der Waals surface area contributed by atoms with Crippen molar-refractivity contribution >= 4 is 0 Å². The molecule has 0 aliphatic heterocycles. The summed E-state index contributed by atoms with van der Waals surface area (Å²) in [6.45, 7) is 0.483. The maximum atomic E-state index is 12.8. The second-order valence-corrected chi connectivity index (χ2v) is 4.31. The van der Waals surface area contributed by atoms with Crippen LogP contribution in [0.1, 0.15) is 17.2 Å². The van der Waals surface area contributed by atoms with Crippen molar-refractivity contribution in [2.75, 3.05) is 7.11 Å².